The summed E-state index contributed by atoms with van der Waals surface area (Å²) in [6.07, 6.45) is 4.97. The van der Waals surface area contributed by atoms with Gasteiger partial charge in [-0.3, -0.25) is 9.59 Å². The van der Waals surface area contributed by atoms with Crippen LogP contribution >= 0.6 is 0 Å². The fourth-order valence-corrected chi connectivity index (χ4v) is 3.56. The van der Waals surface area contributed by atoms with Gasteiger partial charge < -0.3 is 15.2 Å². The van der Waals surface area contributed by atoms with E-state index in [1.54, 1.807) is 0 Å². The summed E-state index contributed by atoms with van der Waals surface area (Å²) >= 11 is 0. The molecule has 0 aromatic rings. The summed E-state index contributed by atoms with van der Waals surface area (Å²) < 4.78 is 5.52. The van der Waals surface area contributed by atoms with Crippen LogP contribution in [0.25, 0.3) is 0 Å². The van der Waals surface area contributed by atoms with Crippen LogP contribution in [0, 0.1) is 5.41 Å². The van der Waals surface area contributed by atoms with Gasteiger partial charge >= 0.3 is 5.97 Å². The molecule has 2 unspecified atom stereocenters. The fourth-order valence-electron chi connectivity index (χ4n) is 3.56. The number of nitrogens with one attached hydrogen (secondary N) is 1. The molecular formula is C15H25NO4. The maximum absolute atomic E-state index is 12.3. The number of carbonyl (C=O) groups is 2. The number of carboxylic acids is 1. The highest BCUT2D eigenvalue weighted by atomic mass is 16.5. The first kappa shape index (κ1) is 15.3. The third kappa shape index (κ3) is 3.32. The summed E-state index contributed by atoms with van der Waals surface area (Å²) in [5, 5.41) is 12.2. The molecule has 1 saturated heterocycles. The summed E-state index contributed by atoms with van der Waals surface area (Å²) in [5.74, 6) is -0.837. The van der Waals surface area contributed by atoms with Crippen LogP contribution < -0.4 is 5.32 Å². The van der Waals surface area contributed by atoms with Crippen LogP contribution in [0.2, 0.25) is 0 Å². The van der Waals surface area contributed by atoms with Crippen molar-refractivity contribution in [1.82, 2.24) is 5.32 Å². The lowest BCUT2D eigenvalue weighted by Gasteiger charge is -2.32. The Labute approximate surface area is 120 Å². The van der Waals surface area contributed by atoms with E-state index < -0.39 is 5.97 Å². The lowest BCUT2D eigenvalue weighted by atomic mass is 9.79. The highest BCUT2D eigenvalue weighted by molar-refractivity contribution is 5.79. The van der Waals surface area contributed by atoms with Gasteiger partial charge in [0.15, 0.2) is 0 Å². The Morgan fingerprint density at radius 3 is 2.40 bits per heavy atom. The average molecular weight is 283 g/mol. The molecule has 1 saturated carbocycles. The van der Waals surface area contributed by atoms with E-state index in [0.717, 1.165) is 32.1 Å². The van der Waals surface area contributed by atoms with Gasteiger partial charge in [-0.25, -0.2) is 0 Å². The minimum atomic E-state index is -0.802. The summed E-state index contributed by atoms with van der Waals surface area (Å²) in [4.78, 5) is 23.4. The molecule has 2 atom stereocenters. The summed E-state index contributed by atoms with van der Waals surface area (Å²) in [5.41, 5.74) is -0.658. The van der Waals surface area contributed by atoms with Crippen molar-refractivity contribution in [2.45, 2.75) is 70.4 Å². The standard InChI is InChI=1S/C15H25NO4/c1-11-14(2,7-8-20-11)16-12(17)9-15(10-13(18)19)5-3-4-6-15/h11H,3-10H2,1-2H3,(H,16,17)(H,18,19). The molecule has 114 valence electrons. The Kier molecular flexibility index (Phi) is 4.37. The molecule has 5 nitrogen and oxygen atoms in total. The zero-order valence-corrected chi connectivity index (χ0v) is 12.4. The van der Waals surface area contributed by atoms with E-state index in [9.17, 15) is 9.59 Å². The molecule has 1 heterocycles. The topological polar surface area (TPSA) is 75.6 Å². The zero-order valence-electron chi connectivity index (χ0n) is 12.4. The molecule has 2 rings (SSSR count). The van der Waals surface area contributed by atoms with Crippen molar-refractivity contribution >= 4 is 11.9 Å². The van der Waals surface area contributed by atoms with Crippen molar-refractivity contribution in [2.24, 2.45) is 5.41 Å². The average Bonchev–Trinajstić information content (AvgIpc) is 2.87. The fraction of sp³-hybridized carbons (Fsp3) is 0.867. The van der Waals surface area contributed by atoms with Crippen LogP contribution in [0.15, 0.2) is 0 Å². The van der Waals surface area contributed by atoms with Crippen LogP contribution in [0.1, 0.15) is 58.8 Å². The molecular weight excluding hydrogens is 258 g/mol. The Bertz CT molecular complexity index is 389. The van der Waals surface area contributed by atoms with Gasteiger partial charge in [0.25, 0.3) is 0 Å². The second-order valence-corrected chi connectivity index (χ2v) is 6.68. The molecule has 20 heavy (non-hydrogen) atoms. The lowest BCUT2D eigenvalue weighted by molar-refractivity contribution is -0.140. The Morgan fingerprint density at radius 2 is 1.90 bits per heavy atom. The van der Waals surface area contributed by atoms with E-state index in [1.165, 1.54) is 0 Å². The van der Waals surface area contributed by atoms with Crippen LogP contribution in [-0.2, 0) is 14.3 Å². The summed E-state index contributed by atoms with van der Waals surface area (Å²) in [6.45, 7) is 4.63. The molecule has 0 spiro atoms. The molecule has 2 N–H and O–H groups in total. The summed E-state index contributed by atoms with van der Waals surface area (Å²) in [7, 11) is 0. The van der Waals surface area contributed by atoms with Gasteiger partial charge in [-0.1, -0.05) is 12.8 Å². The van der Waals surface area contributed by atoms with E-state index in [1.807, 2.05) is 13.8 Å². The van der Waals surface area contributed by atoms with Crippen molar-refractivity contribution in [3.63, 3.8) is 0 Å². The first-order chi connectivity index (χ1) is 9.35. The van der Waals surface area contributed by atoms with E-state index in [4.69, 9.17) is 9.84 Å². The van der Waals surface area contributed by atoms with Crippen molar-refractivity contribution in [3.8, 4) is 0 Å². The molecule has 1 amide bonds. The number of hydrogen-bond donors (Lipinski definition) is 2. The van der Waals surface area contributed by atoms with Gasteiger partial charge in [-0.05, 0) is 38.5 Å². The number of rotatable bonds is 5. The number of hydrogen-bond acceptors (Lipinski definition) is 3. The maximum Gasteiger partial charge on any atom is 0.303 e. The first-order valence-corrected chi connectivity index (χ1v) is 7.50. The second-order valence-electron chi connectivity index (χ2n) is 6.68. The van der Waals surface area contributed by atoms with Gasteiger partial charge in [-0.15, -0.1) is 0 Å². The molecule has 0 bridgehead atoms. The third-order valence-corrected chi connectivity index (χ3v) is 5.04. The Balaban J connectivity index is 1.97. The number of ether oxygens (including phenoxy) is 1. The molecule has 1 aliphatic carbocycles. The monoisotopic (exact) mass is 283 g/mol. The van der Waals surface area contributed by atoms with Crippen molar-refractivity contribution in [3.05, 3.63) is 0 Å². The van der Waals surface area contributed by atoms with Gasteiger partial charge in [0.05, 0.1) is 18.1 Å². The largest absolute Gasteiger partial charge is 0.481 e. The van der Waals surface area contributed by atoms with Crippen LogP contribution in [-0.4, -0.2) is 35.2 Å². The maximum atomic E-state index is 12.3. The number of amides is 1. The van der Waals surface area contributed by atoms with Crippen molar-refractivity contribution in [2.75, 3.05) is 6.61 Å². The van der Waals surface area contributed by atoms with Crippen LogP contribution in [0.3, 0.4) is 0 Å². The van der Waals surface area contributed by atoms with E-state index in [2.05, 4.69) is 5.32 Å². The SMILES string of the molecule is CC1OCCC1(C)NC(=O)CC1(CC(=O)O)CCCC1. The number of carboxylic acid groups (broad SMARTS) is 1. The number of aliphatic carboxylic acids is 1. The van der Waals surface area contributed by atoms with E-state index in [0.29, 0.717) is 13.0 Å². The third-order valence-electron chi connectivity index (χ3n) is 5.04. The van der Waals surface area contributed by atoms with Crippen molar-refractivity contribution in [1.29, 1.82) is 0 Å². The predicted octanol–water partition coefficient (Wildman–Crippen LogP) is 2.10. The van der Waals surface area contributed by atoms with Crippen LogP contribution in [0.4, 0.5) is 0 Å². The van der Waals surface area contributed by atoms with Gasteiger partial charge in [0.2, 0.25) is 5.91 Å². The smallest absolute Gasteiger partial charge is 0.303 e. The highest BCUT2D eigenvalue weighted by Crippen LogP contribution is 2.44. The highest BCUT2D eigenvalue weighted by Gasteiger charge is 2.42. The molecule has 0 aromatic carbocycles. The molecule has 2 fully saturated rings. The quantitative estimate of drug-likeness (QED) is 0.810. The van der Waals surface area contributed by atoms with Gasteiger partial charge in [0.1, 0.15) is 0 Å². The Hall–Kier alpha value is -1.10. The van der Waals surface area contributed by atoms with Gasteiger partial charge in [0, 0.05) is 13.0 Å². The Morgan fingerprint density at radius 1 is 1.25 bits per heavy atom. The molecule has 1 aliphatic heterocycles. The first-order valence-electron chi connectivity index (χ1n) is 7.50. The van der Waals surface area contributed by atoms with Gasteiger partial charge in [-0.2, -0.15) is 0 Å². The lowest BCUT2D eigenvalue weighted by Crippen LogP contribution is -2.51. The summed E-state index contributed by atoms with van der Waals surface area (Å²) in [6, 6.07) is 0. The number of carbonyl (C=O) groups excluding carboxylic acids is 1. The molecule has 5 heteroatoms. The van der Waals surface area contributed by atoms with E-state index >= 15 is 0 Å². The molecule has 0 aromatic heterocycles. The minimum Gasteiger partial charge on any atom is -0.481 e. The van der Waals surface area contributed by atoms with Crippen molar-refractivity contribution < 1.29 is 19.4 Å². The second kappa shape index (κ2) is 5.72. The van der Waals surface area contributed by atoms with E-state index in [-0.39, 0.29) is 29.4 Å². The molecule has 2 aliphatic rings. The normalized spacial score (nSPS) is 32.2. The minimum absolute atomic E-state index is 0.00505. The molecule has 0 radical (unpaired) electrons. The predicted molar refractivity (Wildman–Crippen MR) is 74.3 cm³/mol. The zero-order chi connectivity index (χ0) is 14.8. The van der Waals surface area contributed by atoms with Crippen LogP contribution in [0.5, 0.6) is 0 Å².